The molecule has 1 aliphatic rings. The third-order valence-corrected chi connectivity index (χ3v) is 5.54. The number of carbonyl (C=O) groups is 1. The first-order valence-electron chi connectivity index (χ1n) is 10.5. The molecule has 1 amide bonds. The van der Waals surface area contributed by atoms with E-state index in [2.05, 4.69) is 54.4 Å². The molecule has 0 saturated carbocycles. The average Bonchev–Trinajstić information content (AvgIpc) is 3.42. The topological polar surface area (TPSA) is 86.8 Å². The highest BCUT2D eigenvalue weighted by molar-refractivity contribution is 5.78. The normalized spacial score (nSPS) is 16.0. The van der Waals surface area contributed by atoms with Gasteiger partial charge in [-0.05, 0) is 36.8 Å². The van der Waals surface area contributed by atoms with E-state index in [1.807, 2.05) is 13.1 Å². The van der Waals surface area contributed by atoms with Crippen molar-refractivity contribution in [3.63, 3.8) is 0 Å². The summed E-state index contributed by atoms with van der Waals surface area (Å²) >= 11 is 0. The van der Waals surface area contributed by atoms with Gasteiger partial charge in [0.15, 0.2) is 0 Å². The van der Waals surface area contributed by atoms with Gasteiger partial charge in [0.2, 0.25) is 5.91 Å². The van der Waals surface area contributed by atoms with Crippen LogP contribution in [0.15, 0.2) is 49.2 Å². The Morgan fingerprint density at radius 3 is 2.77 bits per heavy atom. The number of nitrogens with one attached hydrogen (secondary N) is 2. The van der Waals surface area contributed by atoms with Crippen LogP contribution in [0.5, 0.6) is 0 Å². The Kier molecular flexibility index (Phi) is 6.37. The fourth-order valence-electron chi connectivity index (χ4n) is 3.94. The highest BCUT2D eigenvalue weighted by Gasteiger charge is 2.24. The van der Waals surface area contributed by atoms with Crippen LogP contribution in [0.1, 0.15) is 28.9 Å². The molecule has 30 heavy (non-hydrogen) atoms. The Morgan fingerprint density at radius 1 is 1.17 bits per heavy atom. The lowest BCUT2D eigenvalue weighted by atomic mass is 9.97. The molecule has 1 aliphatic heterocycles. The van der Waals surface area contributed by atoms with Crippen molar-refractivity contribution in [2.75, 3.05) is 24.5 Å². The van der Waals surface area contributed by atoms with Gasteiger partial charge in [0, 0.05) is 44.1 Å². The molecular weight excluding hydrogens is 376 g/mol. The van der Waals surface area contributed by atoms with E-state index in [-0.39, 0.29) is 5.91 Å². The van der Waals surface area contributed by atoms with Crippen molar-refractivity contribution in [2.24, 2.45) is 5.92 Å². The van der Waals surface area contributed by atoms with E-state index in [0.717, 1.165) is 55.1 Å². The van der Waals surface area contributed by atoms with Crippen LogP contribution < -0.4 is 10.2 Å². The second kappa shape index (κ2) is 9.52. The largest absolute Gasteiger partial charge is 0.355 e. The smallest absolute Gasteiger partial charge is 0.224 e. The van der Waals surface area contributed by atoms with E-state index in [1.54, 1.807) is 18.7 Å². The van der Waals surface area contributed by atoms with Crippen LogP contribution in [0, 0.1) is 12.8 Å². The number of hydrogen-bond acceptors (Lipinski definition) is 5. The first-order valence-corrected chi connectivity index (χ1v) is 10.5. The van der Waals surface area contributed by atoms with Gasteiger partial charge in [-0.2, -0.15) is 0 Å². The van der Waals surface area contributed by atoms with Gasteiger partial charge in [0.05, 0.1) is 24.6 Å². The van der Waals surface area contributed by atoms with Gasteiger partial charge in [0.25, 0.3) is 0 Å². The first kappa shape index (κ1) is 20.1. The quantitative estimate of drug-likeness (QED) is 0.602. The molecule has 1 fully saturated rings. The van der Waals surface area contributed by atoms with Crippen LogP contribution in [0.2, 0.25) is 0 Å². The van der Waals surface area contributed by atoms with Gasteiger partial charge in [-0.3, -0.25) is 9.78 Å². The molecule has 7 nitrogen and oxygen atoms in total. The van der Waals surface area contributed by atoms with Crippen molar-refractivity contribution >= 4 is 11.7 Å². The minimum Gasteiger partial charge on any atom is -0.355 e. The Morgan fingerprint density at radius 2 is 2.00 bits per heavy atom. The molecule has 0 radical (unpaired) electrons. The maximum Gasteiger partial charge on any atom is 0.224 e. The van der Waals surface area contributed by atoms with Crippen molar-refractivity contribution in [1.29, 1.82) is 0 Å². The summed E-state index contributed by atoms with van der Waals surface area (Å²) in [6.07, 6.45) is 10.5. The zero-order valence-corrected chi connectivity index (χ0v) is 17.3. The molecule has 0 spiro atoms. The summed E-state index contributed by atoms with van der Waals surface area (Å²) in [5.74, 6) is 1.64. The molecule has 1 saturated heterocycles. The molecule has 0 aliphatic carbocycles. The summed E-state index contributed by atoms with van der Waals surface area (Å²) in [4.78, 5) is 30.3. The number of aromatic amines is 1. The van der Waals surface area contributed by atoms with Crippen molar-refractivity contribution in [3.8, 4) is 0 Å². The zero-order valence-electron chi connectivity index (χ0n) is 17.3. The molecule has 1 aromatic carbocycles. The highest BCUT2D eigenvalue weighted by atomic mass is 16.1. The summed E-state index contributed by atoms with van der Waals surface area (Å²) < 4.78 is 0. The predicted molar refractivity (Wildman–Crippen MR) is 116 cm³/mol. The monoisotopic (exact) mass is 404 g/mol. The Bertz CT molecular complexity index is 954. The lowest BCUT2D eigenvalue weighted by Crippen LogP contribution is -2.27. The van der Waals surface area contributed by atoms with E-state index in [0.29, 0.717) is 18.9 Å². The molecule has 1 atom stereocenters. The first-order chi connectivity index (χ1) is 14.7. The van der Waals surface area contributed by atoms with Crippen LogP contribution in [0.4, 0.5) is 5.82 Å². The number of H-pyrrole nitrogens is 1. The third kappa shape index (κ3) is 5.43. The van der Waals surface area contributed by atoms with Crippen molar-refractivity contribution in [1.82, 2.24) is 25.3 Å². The van der Waals surface area contributed by atoms with Gasteiger partial charge in [-0.15, -0.1) is 0 Å². The van der Waals surface area contributed by atoms with E-state index in [4.69, 9.17) is 0 Å². The molecule has 3 aromatic rings. The molecule has 0 bridgehead atoms. The minimum atomic E-state index is 0.0490. The Balaban J connectivity index is 1.22. The van der Waals surface area contributed by atoms with E-state index < -0.39 is 0 Å². The van der Waals surface area contributed by atoms with E-state index in [9.17, 15) is 4.79 Å². The predicted octanol–water partition coefficient (Wildman–Crippen LogP) is 2.48. The number of carbonyl (C=O) groups excluding carboxylic acids is 1. The summed E-state index contributed by atoms with van der Waals surface area (Å²) in [6.45, 7) is 4.63. The molecule has 7 heteroatoms. The number of benzene rings is 1. The number of nitrogens with zero attached hydrogens (tertiary/aromatic N) is 4. The zero-order chi connectivity index (χ0) is 20.8. The lowest BCUT2D eigenvalue weighted by molar-refractivity contribution is -0.120. The summed E-state index contributed by atoms with van der Waals surface area (Å²) in [6, 6.07) is 8.45. The standard InChI is InChI=1S/C23H28N6O/c1-17-12-24-14-22(28-17)29-9-7-20(15-29)10-18-2-4-19(5-3-18)11-23(30)26-8-6-21-13-25-16-27-21/h2-5,12-14,16,20H,6-11,15H2,1H3,(H,25,27)(H,26,30). The maximum absolute atomic E-state index is 12.1. The van der Waals surface area contributed by atoms with Crippen molar-refractivity contribution in [2.45, 2.75) is 32.6 Å². The van der Waals surface area contributed by atoms with Gasteiger partial charge in [-0.25, -0.2) is 9.97 Å². The second-order valence-electron chi connectivity index (χ2n) is 7.99. The van der Waals surface area contributed by atoms with Crippen molar-refractivity contribution in [3.05, 3.63) is 71.7 Å². The van der Waals surface area contributed by atoms with E-state index in [1.165, 1.54) is 5.56 Å². The molecule has 156 valence electrons. The van der Waals surface area contributed by atoms with E-state index >= 15 is 0 Å². The second-order valence-corrected chi connectivity index (χ2v) is 7.99. The SMILES string of the molecule is Cc1cncc(N2CCC(Cc3ccc(CC(=O)NCCc4cnc[nH]4)cc3)C2)n1. The lowest BCUT2D eigenvalue weighted by Gasteiger charge is -2.17. The van der Waals surface area contributed by atoms with Crippen LogP contribution in [-0.4, -0.2) is 45.5 Å². The molecule has 2 aromatic heterocycles. The number of hydrogen-bond donors (Lipinski definition) is 2. The molecular formula is C23H28N6O. The Labute approximate surface area is 177 Å². The number of imidazole rings is 1. The average molecular weight is 405 g/mol. The number of amides is 1. The summed E-state index contributed by atoms with van der Waals surface area (Å²) in [5, 5.41) is 2.96. The maximum atomic E-state index is 12.1. The molecule has 4 rings (SSSR count). The van der Waals surface area contributed by atoms with Crippen LogP contribution in [0.3, 0.4) is 0 Å². The molecule has 3 heterocycles. The van der Waals surface area contributed by atoms with Crippen LogP contribution >= 0.6 is 0 Å². The van der Waals surface area contributed by atoms with Crippen LogP contribution in [-0.2, 0) is 24.1 Å². The van der Waals surface area contributed by atoms with Crippen LogP contribution in [0.25, 0.3) is 0 Å². The highest BCUT2D eigenvalue weighted by Crippen LogP contribution is 2.24. The summed E-state index contributed by atoms with van der Waals surface area (Å²) in [5.41, 5.74) is 4.35. The number of aryl methyl sites for hydroxylation is 1. The minimum absolute atomic E-state index is 0.0490. The van der Waals surface area contributed by atoms with Gasteiger partial charge >= 0.3 is 0 Å². The van der Waals surface area contributed by atoms with Gasteiger partial charge in [-0.1, -0.05) is 24.3 Å². The fraction of sp³-hybridized carbons (Fsp3) is 0.391. The van der Waals surface area contributed by atoms with Gasteiger partial charge in [0.1, 0.15) is 5.82 Å². The number of aromatic nitrogens is 4. The van der Waals surface area contributed by atoms with Crippen molar-refractivity contribution < 1.29 is 4.79 Å². The van der Waals surface area contributed by atoms with Gasteiger partial charge < -0.3 is 15.2 Å². The Hall–Kier alpha value is -3.22. The summed E-state index contributed by atoms with van der Waals surface area (Å²) in [7, 11) is 0. The number of anilines is 1. The number of rotatable bonds is 8. The molecule has 1 unspecified atom stereocenters. The molecule has 2 N–H and O–H groups in total. The fourth-order valence-corrected chi connectivity index (χ4v) is 3.94. The third-order valence-electron chi connectivity index (χ3n) is 5.54.